The van der Waals surface area contributed by atoms with E-state index in [-0.39, 0.29) is 46.4 Å². The Morgan fingerprint density at radius 2 is 0.863 bits per heavy atom. The Bertz CT molecular complexity index is 5620. The standard InChI is InChI=1S/C26H22N4.C19H17N5.C17H12N4.C12H10N4.2C10H10N2.2Ir/c1-17-9-8-10-18(2)23(17)24-25-26(28-16-27-24)30-21-14-7-6-11-19(21)15-22(30)29(25)20-12-4-3-5-13-20;1-12-10-20-8-7-14(12)18-21-11-16-19(22-18)23(2)17-9-13-5-3-4-6-15(13)24(16)17;1-3-7-14(8-4-1)20-13-21(15-9-5-2-6-10-15)17-16(20)18-11-12-19-17;1-15-9-16(10-5-3-2-4-6-10)12-11(15)13-7-8-14-12;2*1-11-7-8-12(9-11)10-5-3-2-4-6-10;;/h3-14,16,22H,15H2,1-2H3;3-8,10-11,17H,9H2,1-2H3;1-9,11-13H;2-5,7-9H,1H3;2*2-5,7-9H,1H3;;/q;;4*-2;;. The van der Waals surface area contributed by atoms with E-state index in [4.69, 9.17) is 15.0 Å². The van der Waals surface area contributed by atoms with Gasteiger partial charge in [0.05, 0.1) is 6.20 Å². The summed E-state index contributed by atoms with van der Waals surface area (Å²) in [5.41, 5.74) is 20.5. The Morgan fingerprint density at radius 3 is 1.41 bits per heavy atom. The Labute approximate surface area is 711 Å². The fourth-order valence-corrected chi connectivity index (χ4v) is 15.1. The first-order valence-electron chi connectivity index (χ1n) is 37.9. The molecule has 9 aromatic carbocycles. The van der Waals surface area contributed by atoms with Gasteiger partial charge in [0.25, 0.3) is 0 Å². The number of fused-ring (bicyclic) bond motifs is 12. The number of hydrogen-bond acceptors (Lipinski definition) is 21. The summed E-state index contributed by atoms with van der Waals surface area (Å²) in [6.45, 7) is 14.3. The zero-order valence-corrected chi connectivity index (χ0v) is 70.1. The van der Waals surface area contributed by atoms with E-state index in [1.165, 1.54) is 44.9 Å². The molecular formula is C94H81Ir2N21-8. The molecule has 2 unspecified atom stereocenters. The number of likely N-dealkylation sites (N-methyl/N-ethyl adjacent to an activating group) is 1. The SMILES string of the molecule is CN1C=CN(c2[c-]cccc2)[CH-]1.CN1C=CN(c2[c-]cccc2)[CH-]1.CN1[CH-]N(c2[c-]cccc2)c2nccnc21.Cc1cccc(C)c1-c1ncnc2c1N(c1ccccc1)C1Cc3ccccc3N21.Cc1cnccc1-c1ncc2c(n1)N(C)C1Cc3ccccc3N21.[Ir].[Ir].[c-]1ccccc1N1[CH-]N(c2ccccc2)c2nccnc21. The van der Waals surface area contributed by atoms with Gasteiger partial charge in [-0.1, -0.05) is 91.0 Å². The molecule has 0 saturated carbocycles. The predicted octanol–water partition coefficient (Wildman–Crippen LogP) is 18.6. The molecule has 0 aliphatic carbocycles. The quantitative estimate of drug-likeness (QED) is 0.132. The van der Waals surface area contributed by atoms with E-state index in [0.717, 1.165) is 110 Å². The second kappa shape index (κ2) is 35.7. The van der Waals surface area contributed by atoms with Crippen LogP contribution in [0.4, 0.5) is 91.8 Å². The zero-order chi connectivity index (χ0) is 78.3. The maximum Gasteiger partial charge on any atom is 0.162 e. The molecule has 22 rings (SSSR count). The average Bonchev–Trinajstić information content (AvgIpc) is 1.58. The van der Waals surface area contributed by atoms with E-state index in [1.807, 2.05) is 265 Å². The first-order chi connectivity index (χ1) is 56.5. The van der Waals surface area contributed by atoms with Crippen LogP contribution in [0.3, 0.4) is 0 Å². The Morgan fingerprint density at radius 1 is 0.368 bits per heavy atom. The van der Waals surface area contributed by atoms with E-state index in [0.29, 0.717) is 6.17 Å². The van der Waals surface area contributed by atoms with Crippen LogP contribution in [0.1, 0.15) is 27.8 Å². The van der Waals surface area contributed by atoms with E-state index in [9.17, 15) is 0 Å². The summed E-state index contributed by atoms with van der Waals surface area (Å²) >= 11 is 0. The molecule has 0 bridgehead atoms. The summed E-state index contributed by atoms with van der Waals surface area (Å²) in [6, 6.07) is 90.5. The molecule has 0 N–H and O–H groups in total. The topological polar surface area (TPSA) is 155 Å². The molecule has 0 fully saturated rings. The molecule has 13 heterocycles. The number of aryl methyl sites for hydroxylation is 3. The van der Waals surface area contributed by atoms with Gasteiger partial charge in [-0.05, 0) is 137 Å². The van der Waals surface area contributed by atoms with Gasteiger partial charge in [0.1, 0.15) is 59.0 Å². The molecule has 23 heteroatoms. The van der Waals surface area contributed by atoms with Crippen molar-refractivity contribution in [1.82, 2.24) is 54.7 Å². The molecule has 0 saturated heterocycles. The number of hydrogen-bond donors (Lipinski definition) is 0. The van der Waals surface area contributed by atoms with Crippen molar-refractivity contribution in [3.8, 4) is 22.6 Å². The van der Waals surface area contributed by atoms with Crippen molar-refractivity contribution in [2.45, 2.75) is 45.9 Å². The van der Waals surface area contributed by atoms with Crippen molar-refractivity contribution in [1.29, 1.82) is 0 Å². The summed E-state index contributed by atoms with van der Waals surface area (Å²) in [6.07, 6.45) is 24.5. The molecule has 588 valence electrons. The Balaban J connectivity index is 0.000000113. The maximum atomic E-state index is 4.87. The monoisotopic (exact) mass is 1890 g/mol. The van der Waals surface area contributed by atoms with Crippen LogP contribution in [0.2, 0.25) is 0 Å². The zero-order valence-electron chi connectivity index (χ0n) is 65.3. The average molecular weight is 1890 g/mol. The van der Waals surface area contributed by atoms with Crippen LogP contribution in [0.15, 0.2) is 305 Å². The van der Waals surface area contributed by atoms with Gasteiger partial charge in [0, 0.05) is 131 Å². The van der Waals surface area contributed by atoms with Gasteiger partial charge in [0.2, 0.25) is 0 Å². The molecule has 8 aliphatic heterocycles. The predicted molar refractivity (Wildman–Crippen MR) is 458 cm³/mol. The molecule has 14 aromatic rings. The van der Waals surface area contributed by atoms with Crippen LogP contribution in [-0.2, 0) is 53.1 Å². The third-order valence-corrected chi connectivity index (χ3v) is 20.6. The van der Waals surface area contributed by atoms with Gasteiger partial charge in [0.15, 0.2) is 17.5 Å². The van der Waals surface area contributed by atoms with Gasteiger partial charge in [-0.15, -0.1) is 36.1 Å². The molecule has 0 amide bonds. The molecule has 2 atom stereocenters. The number of nitrogens with zero attached hydrogens (tertiary/aromatic N) is 21. The van der Waals surface area contributed by atoms with Crippen molar-refractivity contribution in [3.63, 3.8) is 0 Å². The molecule has 117 heavy (non-hydrogen) atoms. The Kier molecular flexibility index (Phi) is 24.1. The summed E-state index contributed by atoms with van der Waals surface area (Å²) < 4.78 is 0. The van der Waals surface area contributed by atoms with Gasteiger partial charge in [-0.25, -0.2) is 39.9 Å². The smallest absolute Gasteiger partial charge is 0.162 e. The summed E-state index contributed by atoms with van der Waals surface area (Å²) in [5.74, 6) is 6.07. The van der Waals surface area contributed by atoms with Crippen molar-refractivity contribution in [3.05, 3.63) is 384 Å². The van der Waals surface area contributed by atoms with E-state index in [2.05, 4.69) is 192 Å². The summed E-state index contributed by atoms with van der Waals surface area (Å²) in [5, 5.41) is 0. The van der Waals surface area contributed by atoms with Crippen LogP contribution in [0.25, 0.3) is 22.6 Å². The molecular weight excluding hydrogens is 1810 g/mol. The number of para-hydroxylation sites is 8. The summed E-state index contributed by atoms with van der Waals surface area (Å²) in [4.78, 5) is 66.3. The van der Waals surface area contributed by atoms with Crippen LogP contribution in [0, 0.1) is 71.7 Å². The van der Waals surface area contributed by atoms with E-state index < -0.39 is 0 Å². The van der Waals surface area contributed by atoms with E-state index in [1.54, 1.807) is 37.3 Å². The van der Waals surface area contributed by atoms with Crippen LogP contribution < -0.4 is 49.0 Å². The second-order valence-corrected chi connectivity index (χ2v) is 28.1. The molecule has 8 aliphatic rings. The minimum atomic E-state index is 0. The number of benzene rings is 9. The van der Waals surface area contributed by atoms with Crippen molar-refractivity contribution in [2.75, 3.05) is 77.2 Å². The molecule has 0 spiro atoms. The fraction of sp³-hybridized carbons (Fsp3) is 0.117. The van der Waals surface area contributed by atoms with Crippen molar-refractivity contribution >= 4 is 91.8 Å². The third-order valence-electron chi connectivity index (χ3n) is 20.6. The normalized spacial score (nSPS) is 15.4. The Hall–Kier alpha value is -13.2. The van der Waals surface area contributed by atoms with E-state index >= 15 is 0 Å². The van der Waals surface area contributed by atoms with Crippen LogP contribution in [0.5, 0.6) is 0 Å². The fourth-order valence-electron chi connectivity index (χ4n) is 15.1. The third kappa shape index (κ3) is 16.4. The van der Waals surface area contributed by atoms with Gasteiger partial charge in [-0.2, -0.15) is 135 Å². The minimum absolute atomic E-state index is 0. The number of rotatable bonds is 8. The summed E-state index contributed by atoms with van der Waals surface area (Å²) in [7, 11) is 8.07. The molecule has 21 nitrogen and oxygen atoms in total. The van der Waals surface area contributed by atoms with Gasteiger partial charge in [-0.3, -0.25) is 4.98 Å². The minimum Gasteiger partial charge on any atom is -0.510 e. The number of aromatic nitrogens is 9. The molecule has 5 aromatic heterocycles. The van der Waals surface area contributed by atoms with Crippen molar-refractivity contribution < 1.29 is 40.2 Å². The first-order valence-corrected chi connectivity index (χ1v) is 37.9. The second-order valence-electron chi connectivity index (χ2n) is 28.1. The van der Waals surface area contributed by atoms with Gasteiger partial charge < -0.3 is 58.8 Å². The first kappa shape index (κ1) is 79.1. The number of pyridine rings is 1. The largest absolute Gasteiger partial charge is 0.510 e. The van der Waals surface area contributed by atoms with Gasteiger partial charge >= 0.3 is 0 Å². The van der Waals surface area contributed by atoms with Crippen LogP contribution >= 0.6 is 0 Å². The van der Waals surface area contributed by atoms with Crippen LogP contribution in [-0.4, -0.2) is 95.2 Å². The maximum absolute atomic E-state index is 4.87. The molecule has 2 radical (unpaired) electrons. The number of anilines is 16. The van der Waals surface area contributed by atoms with Crippen molar-refractivity contribution in [2.24, 2.45) is 0 Å².